The second kappa shape index (κ2) is 8.49. The monoisotopic (exact) mass is 390 g/mol. The zero-order valence-corrected chi connectivity index (χ0v) is 15.1. The van der Waals surface area contributed by atoms with Crippen molar-refractivity contribution in [1.82, 2.24) is 5.43 Å². The Morgan fingerprint density at radius 1 is 1.33 bits per heavy atom. The maximum atomic E-state index is 11.8. The number of halogens is 1. The van der Waals surface area contributed by atoms with Crippen LogP contribution in [0.5, 0.6) is 11.5 Å². The molecule has 0 aliphatic rings. The van der Waals surface area contributed by atoms with Gasteiger partial charge in [0.15, 0.2) is 6.61 Å². The molecule has 0 saturated carbocycles. The molecule has 0 unspecified atom stereocenters. The summed E-state index contributed by atoms with van der Waals surface area (Å²) in [7, 11) is 0. The summed E-state index contributed by atoms with van der Waals surface area (Å²) in [6, 6.07) is 12.5. The minimum Gasteiger partial charge on any atom is -0.507 e. The Kier molecular flexibility index (Phi) is 6.37. The van der Waals surface area contributed by atoms with Gasteiger partial charge in [-0.1, -0.05) is 32.0 Å². The van der Waals surface area contributed by atoms with Gasteiger partial charge in [0.25, 0.3) is 5.91 Å². The first-order chi connectivity index (χ1) is 11.5. The van der Waals surface area contributed by atoms with Crippen molar-refractivity contribution in [2.24, 2.45) is 5.10 Å². The number of carbonyl (C=O) groups is 1. The summed E-state index contributed by atoms with van der Waals surface area (Å²) in [5.74, 6) is 0.726. The first-order valence-corrected chi connectivity index (χ1v) is 8.29. The smallest absolute Gasteiger partial charge is 0.277 e. The molecule has 0 aromatic heterocycles. The summed E-state index contributed by atoms with van der Waals surface area (Å²) in [6.45, 7) is 4.06. The molecule has 0 aliphatic carbocycles. The molecule has 0 heterocycles. The van der Waals surface area contributed by atoms with Crippen molar-refractivity contribution in [3.05, 3.63) is 58.1 Å². The number of aromatic hydroxyl groups is 1. The van der Waals surface area contributed by atoms with Crippen molar-refractivity contribution < 1.29 is 14.6 Å². The number of para-hydroxylation sites is 1. The number of carbonyl (C=O) groups excluding carboxylic acids is 1. The van der Waals surface area contributed by atoms with Gasteiger partial charge in [0.05, 0.1) is 10.7 Å². The third-order valence-corrected chi connectivity index (χ3v) is 3.93. The van der Waals surface area contributed by atoms with Crippen LogP contribution in [0, 0.1) is 0 Å². The van der Waals surface area contributed by atoms with Crippen LogP contribution in [0.4, 0.5) is 0 Å². The summed E-state index contributed by atoms with van der Waals surface area (Å²) < 4.78 is 6.28. The topological polar surface area (TPSA) is 70.9 Å². The van der Waals surface area contributed by atoms with E-state index in [4.69, 9.17) is 4.74 Å². The number of hydrogen-bond acceptors (Lipinski definition) is 4. The largest absolute Gasteiger partial charge is 0.507 e. The Bertz CT molecular complexity index is 745. The highest BCUT2D eigenvalue weighted by Gasteiger charge is 2.07. The van der Waals surface area contributed by atoms with Gasteiger partial charge in [0.2, 0.25) is 0 Å². The number of amides is 1. The molecule has 0 spiro atoms. The lowest BCUT2D eigenvalue weighted by Crippen LogP contribution is -2.24. The van der Waals surface area contributed by atoms with E-state index in [1.165, 1.54) is 11.8 Å². The lowest BCUT2D eigenvalue weighted by molar-refractivity contribution is -0.123. The molecule has 2 rings (SSSR count). The van der Waals surface area contributed by atoms with Crippen LogP contribution in [0.3, 0.4) is 0 Å². The van der Waals surface area contributed by atoms with E-state index >= 15 is 0 Å². The van der Waals surface area contributed by atoms with Crippen molar-refractivity contribution >= 4 is 28.1 Å². The second-order valence-electron chi connectivity index (χ2n) is 5.49. The van der Waals surface area contributed by atoms with Gasteiger partial charge in [-0.2, -0.15) is 5.10 Å². The van der Waals surface area contributed by atoms with E-state index in [1.54, 1.807) is 24.3 Å². The van der Waals surface area contributed by atoms with Gasteiger partial charge < -0.3 is 9.84 Å². The number of hydrazone groups is 1. The Hall–Kier alpha value is -2.34. The number of phenolic OH excluding ortho intramolecular Hbond substituents is 1. The Morgan fingerprint density at radius 3 is 2.75 bits per heavy atom. The molecule has 6 heteroatoms. The molecule has 0 fully saturated rings. The molecular weight excluding hydrogens is 372 g/mol. The van der Waals surface area contributed by atoms with E-state index in [9.17, 15) is 9.90 Å². The molecule has 24 heavy (non-hydrogen) atoms. The van der Waals surface area contributed by atoms with E-state index in [0.717, 1.165) is 4.47 Å². The molecule has 2 N–H and O–H groups in total. The van der Waals surface area contributed by atoms with E-state index in [2.05, 4.69) is 40.3 Å². The molecular formula is C18H19BrN2O3. The fourth-order valence-corrected chi connectivity index (χ4v) is 2.45. The van der Waals surface area contributed by atoms with Gasteiger partial charge in [-0.3, -0.25) is 4.79 Å². The van der Waals surface area contributed by atoms with Crippen molar-refractivity contribution in [3.63, 3.8) is 0 Å². The zero-order chi connectivity index (χ0) is 17.5. The van der Waals surface area contributed by atoms with Gasteiger partial charge in [-0.15, -0.1) is 0 Å². The molecule has 126 valence electrons. The Labute approximate surface area is 149 Å². The number of nitrogens with zero attached hydrogens (tertiary/aromatic N) is 1. The van der Waals surface area contributed by atoms with E-state index in [0.29, 0.717) is 17.2 Å². The number of benzene rings is 2. The summed E-state index contributed by atoms with van der Waals surface area (Å²) in [6.07, 6.45) is 1.38. The van der Waals surface area contributed by atoms with E-state index < -0.39 is 0 Å². The number of nitrogens with one attached hydrogen (secondary N) is 1. The van der Waals surface area contributed by atoms with Crippen LogP contribution in [0.1, 0.15) is 30.9 Å². The van der Waals surface area contributed by atoms with Crippen LogP contribution in [0.25, 0.3) is 0 Å². The summed E-state index contributed by atoms with van der Waals surface area (Å²) in [4.78, 5) is 11.8. The zero-order valence-electron chi connectivity index (χ0n) is 13.5. The first-order valence-electron chi connectivity index (χ1n) is 7.49. The number of hydrogen-bond donors (Lipinski definition) is 2. The van der Waals surface area contributed by atoms with Crippen molar-refractivity contribution in [3.8, 4) is 11.5 Å². The van der Waals surface area contributed by atoms with E-state index in [1.807, 2.05) is 18.2 Å². The van der Waals surface area contributed by atoms with Crippen molar-refractivity contribution in [2.45, 2.75) is 19.8 Å². The molecule has 5 nitrogen and oxygen atoms in total. The molecule has 2 aromatic carbocycles. The van der Waals surface area contributed by atoms with Crippen LogP contribution >= 0.6 is 15.9 Å². The minimum atomic E-state index is -0.387. The molecule has 0 atom stereocenters. The number of phenols is 1. The first kappa shape index (κ1) is 18.0. The summed E-state index contributed by atoms with van der Waals surface area (Å²) in [5.41, 5.74) is 4.06. The van der Waals surface area contributed by atoms with Crippen LogP contribution in [0.15, 0.2) is 52.0 Å². The Morgan fingerprint density at radius 2 is 2.08 bits per heavy atom. The maximum Gasteiger partial charge on any atom is 0.277 e. The quantitative estimate of drug-likeness (QED) is 0.581. The predicted molar refractivity (Wildman–Crippen MR) is 97.6 cm³/mol. The van der Waals surface area contributed by atoms with Gasteiger partial charge in [-0.25, -0.2) is 5.43 Å². The minimum absolute atomic E-state index is 0.0981. The van der Waals surface area contributed by atoms with Crippen LogP contribution in [0.2, 0.25) is 0 Å². The Balaban J connectivity index is 1.86. The van der Waals surface area contributed by atoms with Crippen molar-refractivity contribution in [1.29, 1.82) is 0 Å². The fourth-order valence-electron chi connectivity index (χ4n) is 1.94. The highest BCUT2D eigenvalue weighted by molar-refractivity contribution is 9.10. The SMILES string of the molecule is CC(C)c1ccc(OCC(=O)N/N=C/c2ccccc2O)c(Br)c1. The van der Waals surface area contributed by atoms with E-state index in [-0.39, 0.29) is 18.3 Å². The summed E-state index contributed by atoms with van der Waals surface area (Å²) >= 11 is 3.44. The second-order valence-corrected chi connectivity index (χ2v) is 6.34. The lowest BCUT2D eigenvalue weighted by atomic mass is 10.0. The molecule has 0 radical (unpaired) electrons. The summed E-state index contributed by atoms with van der Waals surface area (Å²) in [5, 5.41) is 13.4. The molecule has 0 saturated heterocycles. The molecule has 0 bridgehead atoms. The highest BCUT2D eigenvalue weighted by atomic mass is 79.9. The van der Waals surface area contributed by atoms with Gasteiger partial charge in [-0.05, 0) is 51.7 Å². The van der Waals surface area contributed by atoms with Crippen LogP contribution in [-0.4, -0.2) is 23.8 Å². The standard InChI is InChI=1S/C18H19BrN2O3/c1-12(2)13-7-8-17(15(19)9-13)24-11-18(23)21-20-10-14-5-3-4-6-16(14)22/h3-10,12,22H,11H2,1-2H3,(H,21,23)/b20-10+. The molecule has 0 aliphatic heterocycles. The third-order valence-electron chi connectivity index (χ3n) is 3.31. The normalized spacial score (nSPS) is 11.0. The maximum absolute atomic E-state index is 11.8. The third kappa shape index (κ3) is 5.09. The van der Waals surface area contributed by atoms with Crippen molar-refractivity contribution in [2.75, 3.05) is 6.61 Å². The highest BCUT2D eigenvalue weighted by Crippen LogP contribution is 2.28. The lowest BCUT2D eigenvalue weighted by Gasteiger charge is -2.10. The van der Waals surface area contributed by atoms with Crippen LogP contribution in [-0.2, 0) is 4.79 Å². The average Bonchev–Trinajstić information content (AvgIpc) is 2.55. The van der Waals surface area contributed by atoms with Gasteiger partial charge in [0, 0.05) is 5.56 Å². The molecule has 1 amide bonds. The predicted octanol–water partition coefficient (Wildman–Crippen LogP) is 3.81. The van der Waals surface area contributed by atoms with Crippen LogP contribution < -0.4 is 10.2 Å². The average molecular weight is 391 g/mol. The van der Waals surface area contributed by atoms with Gasteiger partial charge in [0.1, 0.15) is 11.5 Å². The van der Waals surface area contributed by atoms with Gasteiger partial charge >= 0.3 is 0 Å². The molecule has 2 aromatic rings. The number of rotatable bonds is 6. The fraction of sp³-hybridized carbons (Fsp3) is 0.222. The number of ether oxygens (including phenoxy) is 1.